The number of carbonyl (C=O) groups excluding carboxylic acids is 2. The van der Waals surface area contributed by atoms with Crippen LogP contribution in [0.25, 0.3) is 0 Å². The molecule has 0 bridgehead atoms. The van der Waals surface area contributed by atoms with Crippen molar-refractivity contribution < 1.29 is 9.59 Å². The minimum Gasteiger partial charge on any atom is -0.352 e. The van der Waals surface area contributed by atoms with Gasteiger partial charge in [-0.25, -0.2) is 0 Å². The summed E-state index contributed by atoms with van der Waals surface area (Å²) in [6, 6.07) is 0.0127. The van der Waals surface area contributed by atoms with Crippen LogP contribution in [0.1, 0.15) is 40.0 Å². The molecule has 19 heavy (non-hydrogen) atoms. The highest BCUT2D eigenvalue weighted by atomic mass is 16.2. The van der Waals surface area contributed by atoms with E-state index in [1.54, 1.807) is 7.05 Å². The fourth-order valence-electron chi connectivity index (χ4n) is 2.80. The number of amides is 2. The van der Waals surface area contributed by atoms with Crippen LogP contribution in [0.3, 0.4) is 0 Å². The fraction of sp³-hybridized carbons (Fsp3) is 0.857. The molecule has 1 aliphatic rings. The van der Waals surface area contributed by atoms with Crippen molar-refractivity contribution in [3.8, 4) is 0 Å². The Morgan fingerprint density at radius 3 is 2.53 bits per heavy atom. The molecule has 110 valence electrons. The molecular weight excluding hydrogens is 242 g/mol. The van der Waals surface area contributed by atoms with E-state index in [-0.39, 0.29) is 36.4 Å². The molecule has 2 amide bonds. The van der Waals surface area contributed by atoms with Gasteiger partial charge in [-0.3, -0.25) is 9.59 Å². The van der Waals surface area contributed by atoms with Crippen molar-refractivity contribution in [2.24, 2.45) is 17.6 Å². The predicted octanol–water partition coefficient (Wildman–Crippen LogP) is 0.733. The molecule has 0 heterocycles. The average Bonchev–Trinajstić information content (AvgIpc) is 2.26. The first-order valence-corrected chi connectivity index (χ1v) is 7.12. The molecule has 1 saturated carbocycles. The van der Waals surface area contributed by atoms with Crippen molar-refractivity contribution in [2.45, 2.75) is 52.1 Å². The Balaban J connectivity index is 2.58. The first-order valence-electron chi connectivity index (χ1n) is 7.12. The second-order valence-electron chi connectivity index (χ2n) is 6.01. The van der Waals surface area contributed by atoms with E-state index in [0.717, 1.165) is 19.3 Å². The van der Waals surface area contributed by atoms with Crippen molar-refractivity contribution >= 4 is 11.8 Å². The standard InChI is InChI=1S/C14H27N3O2/c1-9(2)16-12(18)8-17(4)14(19)13-10(3)6-5-7-11(13)15/h9-11,13H,5-8,15H2,1-4H3,(H,16,18). The van der Waals surface area contributed by atoms with Crippen LogP contribution in [-0.2, 0) is 9.59 Å². The molecule has 3 N–H and O–H groups in total. The summed E-state index contributed by atoms with van der Waals surface area (Å²) in [7, 11) is 1.68. The van der Waals surface area contributed by atoms with Gasteiger partial charge in [-0.15, -0.1) is 0 Å². The number of carbonyl (C=O) groups is 2. The molecule has 5 heteroatoms. The molecule has 3 unspecified atom stereocenters. The number of hydrogen-bond donors (Lipinski definition) is 2. The maximum atomic E-state index is 12.4. The van der Waals surface area contributed by atoms with Crippen molar-refractivity contribution in [3.05, 3.63) is 0 Å². The molecule has 0 aliphatic heterocycles. The summed E-state index contributed by atoms with van der Waals surface area (Å²) in [5.41, 5.74) is 6.07. The molecule has 0 saturated heterocycles. The summed E-state index contributed by atoms with van der Waals surface area (Å²) < 4.78 is 0. The van der Waals surface area contributed by atoms with E-state index in [9.17, 15) is 9.59 Å². The van der Waals surface area contributed by atoms with Gasteiger partial charge >= 0.3 is 0 Å². The number of likely N-dealkylation sites (N-methyl/N-ethyl adjacent to an activating group) is 1. The van der Waals surface area contributed by atoms with Crippen molar-refractivity contribution in [2.75, 3.05) is 13.6 Å². The summed E-state index contributed by atoms with van der Waals surface area (Å²) in [5.74, 6) is 0.0268. The van der Waals surface area contributed by atoms with Crippen LogP contribution in [-0.4, -0.2) is 42.4 Å². The Morgan fingerprint density at radius 1 is 1.37 bits per heavy atom. The number of nitrogens with one attached hydrogen (secondary N) is 1. The van der Waals surface area contributed by atoms with Gasteiger partial charge in [0.15, 0.2) is 0 Å². The Morgan fingerprint density at radius 2 is 2.00 bits per heavy atom. The molecule has 0 aromatic rings. The molecule has 1 rings (SSSR count). The lowest BCUT2D eigenvalue weighted by atomic mass is 9.76. The lowest BCUT2D eigenvalue weighted by molar-refractivity contribution is -0.141. The van der Waals surface area contributed by atoms with E-state index < -0.39 is 0 Å². The van der Waals surface area contributed by atoms with Crippen LogP contribution in [0.15, 0.2) is 0 Å². The van der Waals surface area contributed by atoms with Crippen LogP contribution in [0, 0.1) is 11.8 Å². The molecule has 3 atom stereocenters. The third-order valence-electron chi connectivity index (χ3n) is 3.76. The molecule has 0 radical (unpaired) electrons. The largest absolute Gasteiger partial charge is 0.352 e. The molecule has 0 aromatic carbocycles. The van der Waals surface area contributed by atoms with Crippen LogP contribution >= 0.6 is 0 Å². The molecular formula is C14H27N3O2. The van der Waals surface area contributed by atoms with Crippen LogP contribution in [0.5, 0.6) is 0 Å². The van der Waals surface area contributed by atoms with Crippen LogP contribution in [0.2, 0.25) is 0 Å². The molecule has 0 aromatic heterocycles. The number of hydrogen-bond acceptors (Lipinski definition) is 3. The summed E-state index contributed by atoms with van der Waals surface area (Å²) in [6.07, 6.45) is 3.02. The van der Waals surface area contributed by atoms with E-state index in [1.807, 2.05) is 13.8 Å². The first-order chi connectivity index (χ1) is 8.82. The van der Waals surface area contributed by atoms with Gasteiger partial charge in [0, 0.05) is 19.1 Å². The third kappa shape index (κ3) is 4.49. The maximum Gasteiger partial charge on any atom is 0.239 e. The topological polar surface area (TPSA) is 75.4 Å². The van der Waals surface area contributed by atoms with E-state index in [4.69, 9.17) is 5.73 Å². The van der Waals surface area contributed by atoms with Crippen LogP contribution in [0.4, 0.5) is 0 Å². The van der Waals surface area contributed by atoms with Gasteiger partial charge < -0.3 is 16.0 Å². The molecule has 1 fully saturated rings. The summed E-state index contributed by atoms with van der Waals surface area (Å²) >= 11 is 0. The summed E-state index contributed by atoms with van der Waals surface area (Å²) in [4.78, 5) is 25.6. The van der Waals surface area contributed by atoms with Gasteiger partial charge in [-0.05, 0) is 32.6 Å². The Bertz CT molecular complexity index is 321. The Kier molecular flexibility index (Phi) is 5.79. The normalized spacial score (nSPS) is 27.2. The number of rotatable bonds is 4. The van der Waals surface area contributed by atoms with Crippen molar-refractivity contribution in [1.82, 2.24) is 10.2 Å². The maximum absolute atomic E-state index is 12.4. The zero-order chi connectivity index (χ0) is 14.6. The van der Waals surface area contributed by atoms with E-state index in [2.05, 4.69) is 12.2 Å². The van der Waals surface area contributed by atoms with Gasteiger partial charge in [0.2, 0.25) is 11.8 Å². The van der Waals surface area contributed by atoms with E-state index in [0.29, 0.717) is 5.92 Å². The van der Waals surface area contributed by atoms with Crippen LogP contribution < -0.4 is 11.1 Å². The fourth-order valence-corrected chi connectivity index (χ4v) is 2.80. The average molecular weight is 269 g/mol. The first kappa shape index (κ1) is 16.0. The number of nitrogens with zero attached hydrogens (tertiary/aromatic N) is 1. The summed E-state index contributed by atoms with van der Waals surface area (Å²) in [6.45, 7) is 5.98. The van der Waals surface area contributed by atoms with Crippen molar-refractivity contribution in [3.63, 3.8) is 0 Å². The molecule has 5 nitrogen and oxygen atoms in total. The second kappa shape index (κ2) is 6.89. The van der Waals surface area contributed by atoms with Gasteiger partial charge in [0.05, 0.1) is 12.5 Å². The minimum atomic E-state index is -0.148. The van der Waals surface area contributed by atoms with Gasteiger partial charge in [0.25, 0.3) is 0 Å². The Hall–Kier alpha value is -1.10. The quantitative estimate of drug-likeness (QED) is 0.790. The SMILES string of the molecule is CC(C)NC(=O)CN(C)C(=O)C1C(C)CCCC1N. The van der Waals surface area contributed by atoms with Gasteiger partial charge in [-0.2, -0.15) is 0 Å². The second-order valence-corrected chi connectivity index (χ2v) is 6.01. The minimum absolute atomic E-state index is 0.00129. The molecule has 0 spiro atoms. The highest BCUT2D eigenvalue weighted by molar-refractivity contribution is 5.86. The van der Waals surface area contributed by atoms with Crippen molar-refractivity contribution in [1.29, 1.82) is 0 Å². The lowest BCUT2D eigenvalue weighted by Gasteiger charge is -2.35. The number of nitrogens with two attached hydrogens (primary N) is 1. The monoisotopic (exact) mass is 269 g/mol. The highest BCUT2D eigenvalue weighted by Crippen LogP contribution is 2.30. The third-order valence-corrected chi connectivity index (χ3v) is 3.76. The lowest BCUT2D eigenvalue weighted by Crippen LogP contribution is -2.50. The Labute approximate surface area is 115 Å². The summed E-state index contributed by atoms with van der Waals surface area (Å²) in [5, 5.41) is 2.79. The van der Waals surface area contributed by atoms with Gasteiger partial charge in [0.1, 0.15) is 0 Å². The zero-order valence-corrected chi connectivity index (χ0v) is 12.5. The van der Waals surface area contributed by atoms with Gasteiger partial charge in [-0.1, -0.05) is 13.3 Å². The highest BCUT2D eigenvalue weighted by Gasteiger charge is 2.35. The predicted molar refractivity (Wildman–Crippen MR) is 75.4 cm³/mol. The smallest absolute Gasteiger partial charge is 0.239 e. The van der Waals surface area contributed by atoms with E-state index in [1.165, 1.54) is 4.90 Å². The van der Waals surface area contributed by atoms with E-state index >= 15 is 0 Å². The zero-order valence-electron chi connectivity index (χ0n) is 12.5. The molecule has 1 aliphatic carbocycles.